The highest BCUT2D eigenvalue weighted by atomic mass is 16.8. The van der Waals surface area contributed by atoms with Gasteiger partial charge in [0.05, 0.1) is 38.6 Å². The van der Waals surface area contributed by atoms with Crippen LogP contribution in [-0.2, 0) is 33.2 Å². The molecule has 0 aromatic carbocycles. The first-order valence-electron chi connectivity index (χ1n) is 22.2. The second-order valence-corrected chi connectivity index (χ2v) is 16.2. The van der Waals surface area contributed by atoms with E-state index in [1.54, 1.807) is 6.08 Å². The maximum atomic E-state index is 13.0. The number of carbonyl (C=O) groups excluding carboxylic acids is 1. The zero-order valence-corrected chi connectivity index (χ0v) is 36.1. The molecule has 3 aliphatic heterocycles. The van der Waals surface area contributed by atoms with Crippen LogP contribution in [0.25, 0.3) is 0 Å². The molecule has 0 spiro atoms. The summed E-state index contributed by atoms with van der Waals surface area (Å²) in [5.41, 5.74) is 0. The lowest BCUT2D eigenvalue weighted by molar-refractivity contribution is -0.379. The van der Waals surface area contributed by atoms with Crippen molar-refractivity contribution in [1.29, 1.82) is 0 Å². The predicted molar refractivity (Wildman–Crippen MR) is 222 cm³/mol. The first kappa shape index (κ1) is 54.3. The van der Waals surface area contributed by atoms with Crippen LogP contribution < -0.4 is 5.32 Å². The van der Waals surface area contributed by atoms with Gasteiger partial charge in [0.15, 0.2) is 18.9 Å². The highest BCUT2D eigenvalue weighted by molar-refractivity contribution is 5.76. The normalized spacial score (nSPS) is 35.5. The van der Waals surface area contributed by atoms with Crippen molar-refractivity contribution in [2.45, 2.75) is 202 Å². The number of carbonyl (C=O) groups is 1. The second kappa shape index (κ2) is 29.5. The maximum Gasteiger partial charge on any atom is 0.220 e. The minimum absolute atomic E-state index is 0.223. The maximum absolute atomic E-state index is 13.0. The van der Waals surface area contributed by atoms with E-state index in [4.69, 9.17) is 28.4 Å². The van der Waals surface area contributed by atoms with Gasteiger partial charge in [0.2, 0.25) is 5.91 Å². The lowest BCUT2D eigenvalue weighted by Gasteiger charge is -2.48. The van der Waals surface area contributed by atoms with Crippen LogP contribution in [0.15, 0.2) is 36.5 Å². The van der Waals surface area contributed by atoms with Crippen LogP contribution in [-0.4, -0.2) is 193 Å². The molecule has 0 aromatic rings. The van der Waals surface area contributed by atoms with Crippen molar-refractivity contribution < 1.29 is 89.4 Å². The predicted octanol–water partition coefficient (Wildman–Crippen LogP) is -0.923. The summed E-state index contributed by atoms with van der Waals surface area (Å²) in [5.74, 6) is -0.307. The first-order valence-corrected chi connectivity index (χ1v) is 22.2. The summed E-state index contributed by atoms with van der Waals surface area (Å²) in [6, 6.07) is -0.973. The first-order chi connectivity index (χ1) is 29.8. The zero-order valence-electron chi connectivity index (χ0n) is 36.1. The van der Waals surface area contributed by atoms with Crippen LogP contribution in [0.3, 0.4) is 0 Å². The SMILES string of the molecule is CCC/C=C/C(O)C(COC1OC(CO)C(OC2OC(CO)C(OC3OC(CO)C(O)C(O)C3O)C(O)C2O)C(O)C1O)NC(=O)CCCCCCC/C=C\C/C=C\CCCC. The Labute approximate surface area is 364 Å². The van der Waals surface area contributed by atoms with E-state index in [-0.39, 0.29) is 18.9 Å². The summed E-state index contributed by atoms with van der Waals surface area (Å²) >= 11 is 0. The minimum Gasteiger partial charge on any atom is -0.394 e. The fraction of sp³-hybridized carbons (Fsp3) is 0.837. The Balaban J connectivity index is 1.53. The molecule has 0 aliphatic carbocycles. The van der Waals surface area contributed by atoms with Gasteiger partial charge in [-0.3, -0.25) is 4.79 Å². The fourth-order valence-electron chi connectivity index (χ4n) is 7.33. The van der Waals surface area contributed by atoms with Crippen LogP contribution in [0.2, 0.25) is 0 Å². The standard InChI is InChI=1S/C43H75NO18/c1-3-5-7-8-9-10-11-12-13-14-15-16-17-19-21-31(49)44-26(27(48)20-18-6-4-2)25-57-41-37(55)34(52)39(29(23-46)59-41)62-43-38(56)35(53)40(30(24-47)60-43)61-42-36(54)33(51)32(50)28(22-45)58-42/h8-9,11-12,18,20,26-30,32-43,45-48,50-56H,3-7,10,13-17,19,21-25H2,1-2H3,(H,44,49)/b9-8-,12-11-,20-18+. The van der Waals surface area contributed by atoms with Crippen LogP contribution >= 0.6 is 0 Å². The van der Waals surface area contributed by atoms with E-state index in [0.29, 0.717) is 12.8 Å². The van der Waals surface area contributed by atoms with Crippen molar-refractivity contribution in [2.24, 2.45) is 0 Å². The van der Waals surface area contributed by atoms with E-state index in [2.05, 4.69) is 36.5 Å². The molecule has 17 unspecified atom stereocenters. The van der Waals surface area contributed by atoms with Crippen molar-refractivity contribution >= 4 is 5.91 Å². The average Bonchev–Trinajstić information content (AvgIpc) is 3.26. The molecule has 3 heterocycles. The Bertz CT molecular complexity index is 1300. The molecule has 3 aliphatic rings. The number of unbranched alkanes of at least 4 members (excludes halogenated alkanes) is 8. The minimum atomic E-state index is -1.98. The summed E-state index contributed by atoms with van der Waals surface area (Å²) in [6.07, 6.45) is -2.83. The van der Waals surface area contributed by atoms with Crippen molar-refractivity contribution in [3.63, 3.8) is 0 Å². The number of nitrogens with one attached hydrogen (secondary N) is 1. The monoisotopic (exact) mass is 893 g/mol. The number of rotatable bonds is 28. The third-order valence-electron chi connectivity index (χ3n) is 11.2. The molecule has 0 radical (unpaired) electrons. The molecular weight excluding hydrogens is 818 g/mol. The fourth-order valence-corrected chi connectivity index (χ4v) is 7.33. The highest BCUT2D eigenvalue weighted by Crippen LogP contribution is 2.33. The van der Waals surface area contributed by atoms with Crippen molar-refractivity contribution in [1.82, 2.24) is 5.32 Å². The molecule has 0 bridgehead atoms. The van der Waals surface area contributed by atoms with E-state index in [9.17, 15) is 61.0 Å². The Morgan fingerprint density at radius 1 is 0.581 bits per heavy atom. The quantitative estimate of drug-likeness (QED) is 0.0334. The third-order valence-corrected chi connectivity index (χ3v) is 11.2. The molecule has 0 aromatic heterocycles. The Morgan fingerprint density at radius 2 is 1.10 bits per heavy atom. The topological polar surface area (TPSA) is 307 Å². The van der Waals surface area contributed by atoms with Crippen molar-refractivity contribution in [2.75, 3.05) is 26.4 Å². The molecule has 0 saturated carbocycles. The molecule has 3 rings (SSSR count). The molecule has 17 atom stereocenters. The molecule has 3 saturated heterocycles. The Morgan fingerprint density at radius 3 is 1.68 bits per heavy atom. The number of hydrogen-bond acceptors (Lipinski definition) is 18. The Kier molecular flexibility index (Phi) is 25.9. The Hall–Kier alpha value is -1.99. The van der Waals surface area contributed by atoms with E-state index in [1.165, 1.54) is 18.9 Å². The smallest absolute Gasteiger partial charge is 0.220 e. The van der Waals surface area contributed by atoms with E-state index < -0.39 is 124 Å². The molecule has 19 heteroatoms. The largest absolute Gasteiger partial charge is 0.394 e. The van der Waals surface area contributed by atoms with Crippen LogP contribution in [0.4, 0.5) is 0 Å². The molecule has 62 heavy (non-hydrogen) atoms. The summed E-state index contributed by atoms with van der Waals surface area (Å²) in [4.78, 5) is 13.0. The summed E-state index contributed by atoms with van der Waals surface area (Å²) in [7, 11) is 0. The number of ether oxygens (including phenoxy) is 6. The molecule has 1 amide bonds. The van der Waals surface area contributed by atoms with Gasteiger partial charge in [0.1, 0.15) is 73.2 Å². The van der Waals surface area contributed by atoms with Crippen molar-refractivity contribution in [3.8, 4) is 0 Å². The summed E-state index contributed by atoms with van der Waals surface area (Å²) < 4.78 is 33.8. The van der Waals surface area contributed by atoms with Crippen molar-refractivity contribution in [3.05, 3.63) is 36.5 Å². The highest BCUT2D eigenvalue weighted by Gasteiger charge is 2.53. The van der Waals surface area contributed by atoms with Crippen LogP contribution in [0.5, 0.6) is 0 Å². The number of allylic oxidation sites excluding steroid dienone is 5. The average molecular weight is 894 g/mol. The van der Waals surface area contributed by atoms with Gasteiger partial charge in [0.25, 0.3) is 0 Å². The number of aliphatic hydroxyl groups is 11. The van der Waals surface area contributed by atoms with E-state index in [1.807, 2.05) is 6.92 Å². The number of aliphatic hydroxyl groups excluding tert-OH is 11. The lowest BCUT2D eigenvalue weighted by atomic mass is 9.96. The second-order valence-electron chi connectivity index (χ2n) is 16.2. The number of hydrogen-bond donors (Lipinski definition) is 12. The van der Waals surface area contributed by atoms with E-state index >= 15 is 0 Å². The van der Waals surface area contributed by atoms with Gasteiger partial charge < -0.3 is 89.9 Å². The van der Waals surface area contributed by atoms with Crippen LogP contribution in [0, 0.1) is 0 Å². The van der Waals surface area contributed by atoms with Gasteiger partial charge >= 0.3 is 0 Å². The van der Waals surface area contributed by atoms with Gasteiger partial charge in [-0.25, -0.2) is 0 Å². The third kappa shape index (κ3) is 16.8. The van der Waals surface area contributed by atoms with E-state index in [0.717, 1.165) is 51.4 Å². The van der Waals surface area contributed by atoms with Gasteiger partial charge in [-0.1, -0.05) is 88.8 Å². The molecule has 3 fully saturated rings. The summed E-state index contributed by atoms with van der Waals surface area (Å²) in [5, 5.41) is 118. The number of amides is 1. The van der Waals surface area contributed by atoms with Gasteiger partial charge in [-0.2, -0.15) is 0 Å². The molecule has 19 nitrogen and oxygen atoms in total. The molecule has 360 valence electrons. The van der Waals surface area contributed by atoms with Gasteiger partial charge in [0, 0.05) is 6.42 Å². The van der Waals surface area contributed by atoms with Gasteiger partial charge in [-0.15, -0.1) is 0 Å². The van der Waals surface area contributed by atoms with Gasteiger partial charge in [-0.05, 0) is 38.5 Å². The lowest BCUT2D eigenvalue weighted by Crippen LogP contribution is -2.66. The summed E-state index contributed by atoms with van der Waals surface area (Å²) in [6.45, 7) is 1.36. The molecule has 12 N–H and O–H groups in total. The zero-order chi connectivity index (χ0) is 45.6. The molecular formula is C43H75NO18. The van der Waals surface area contributed by atoms with Crippen LogP contribution in [0.1, 0.15) is 97.3 Å².